The number of rotatable bonds is 8. The van der Waals surface area contributed by atoms with Crippen molar-refractivity contribution in [1.82, 2.24) is 9.55 Å². The van der Waals surface area contributed by atoms with Crippen LogP contribution in [0.15, 0.2) is 23.1 Å². The lowest BCUT2D eigenvalue weighted by molar-refractivity contribution is -0.123. The molecule has 2 aliphatic rings. The van der Waals surface area contributed by atoms with E-state index in [1.54, 1.807) is 0 Å². The summed E-state index contributed by atoms with van der Waals surface area (Å²) in [6, 6.07) is 4.09. The molecule has 2 aromatic rings. The van der Waals surface area contributed by atoms with Crippen LogP contribution in [0.3, 0.4) is 0 Å². The fourth-order valence-electron chi connectivity index (χ4n) is 5.54. The standard InChI is InChI=1S/C26H38N4O2/c1-2-6-22-14-23-21(16-28-22)13-24(29-15-18-7-4-3-5-8-18)30(26(23)32)17-19-9-11-20(12-10-19)25(27)31/h13-14,16,18-20,29H,2-12,15,17H2,1H3,(H2,27,31). The molecule has 2 heterocycles. The second-order valence-corrected chi connectivity index (χ2v) is 9.96. The third kappa shape index (κ3) is 5.33. The van der Waals surface area contributed by atoms with Crippen LogP contribution in [0.4, 0.5) is 5.82 Å². The summed E-state index contributed by atoms with van der Waals surface area (Å²) >= 11 is 0. The van der Waals surface area contributed by atoms with E-state index in [4.69, 9.17) is 5.73 Å². The van der Waals surface area contributed by atoms with Gasteiger partial charge in [0.05, 0.1) is 5.39 Å². The van der Waals surface area contributed by atoms with Crippen LogP contribution in [0.5, 0.6) is 0 Å². The Bertz CT molecular complexity index is 985. The minimum atomic E-state index is -0.183. The predicted octanol–water partition coefficient (Wildman–Crippen LogP) is 4.63. The number of anilines is 1. The van der Waals surface area contributed by atoms with E-state index < -0.39 is 0 Å². The zero-order chi connectivity index (χ0) is 22.5. The summed E-state index contributed by atoms with van der Waals surface area (Å²) in [6.45, 7) is 3.74. The lowest BCUT2D eigenvalue weighted by atomic mass is 9.81. The highest BCUT2D eigenvalue weighted by molar-refractivity contribution is 5.83. The minimum Gasteiger partial charge on any atom is -0.371 e. The topological polar surface area (TPSA) is 90.0 Å². The fraction of sp³-hybridized carbons (Fsp3) is 0.654. The number of fused-ring (bicyclic) bond motifs is 1. The smallest absolute Gasteiger partial charge is 0.260 e. The second-order valence-electron chi connectivity index (χ2n) is 9.96. The van der Waals surface area contributed by atoms with Crippen LogP contribution in [0.25, 0.3) is 10.8 Å². The van der Waals surface area contributed by atoms with E-state index in [9.17, 15) is 9.59 Å². The third-order valence-corrected chi connectivity index (χ3v) is 7.54. The lowest BCUT2D eigenvalue weighted by Crippen LogP contribution is -2.32. The molecule has 2 fully saturated rings. The molecule has 174 valence electrons. The highest BCUT2D eigenvalue weighted by atomic mass is 16.1. The van der Waals surface area contributed by atoms with Crippen molar-refractivity contribution in [3.63, 3.8) is 0 Å². The van der Waals surface area contributed by atoms with E-state index in [2.05, 4.69) is 23.3 Å². The maximum absolute atomic E-state index is 13.6. The van der Waals surface area contributed by atoms with Crippen LogP contribution < -0.4 is 16.6 Å². The molecule has 6 heteroatoms. The molecule has 0 spiro atoms. The average Bonchev–Trinajstić information content (AvgIpc) is 2.81. The number of nitrogens with two attached hydrogens (primary N) is 1. The first-order valence-electron chi connectivity index (χ1n) is 12.6. The minimum absolute atomic E-state index is 0.00820. The molecule has 6 nitrogen and oxygen atoms in total. The van der Waals surface area contributed by atoms with Crippen molar-refractivity contribution >= 4 is 22.5 Å². The Balaban J connectivity index is 1.60. The largest absolute Gasteiger partial charge is 0.371 e. The number of aromatic nitrogens is 2. The van der Waals surface area contributed by atoms with E-state index in [1.165, 1.54) is 32.1 Å². The number of hydrogen-bond donors (Lipinski definition) is 2. The van der Waals surface area contributed by atoms with Crippen LogP contribution in [0.2, 0.25) is 0 Å². The van der Waals surface area contributed by atoms with E-state index >= 15 is 0 Å². The van der Waals surface area contributed by atoms with Gasteiger partial charge in [-0.1, -0.05) is 32.6 Å². The van der Waals surface area contributed by atoms with Crippen molar-refractivity contribution in [3.05, 3.63) is 34.4 Å². The van der Waals surface area contributed by atoms with Crippen LogP contribution in [0.1, 0.15) is 76.8 Å². The Hall–Kier alpha value is -2.37. The molecular formula is C26H38N4O2. The van der Waals surface area contributed by atoms with Gasteiger partial charge >= 0.3 is 0 Å². The maximum atomic E-state index is 13.6. The Morgan fingerprint density at radius 3 is 2.53 bits per heavy atom. The Kier molecular flexibility index (Phi) is 7.48. The molecule has 32 heavy (non-hydrogen) atoms. The molecule has 0 bridgehead atoms. The fourth-order valence-corrected chi connectivity index (χ4v) is 5.54. The van der Waals surface area contributed by atoms with Crippen molar-refractivity contribution in [2.24, 2.45) is 23.5 Å². The highest BCUT2D eigenvalue weighted by Gasteiger charge is 2.26. The van der Waals surface area contributed by atoms with Gasteiger partial charge in [-0.25, -0.2) is 0 Å². The van der Waals surface area contributed by atoms with Gasteiger partial charge in [0.15, 0.2) is 0 Å². The van der Waals surface area contributed by atoms with E-state index in [0.29, 0.717) is 18.4 Å². The van der Waals surface area contributed by atoms with Gasteiger partial charge in [0, 0.05) is 36.3 Å². The van der Waals surface area contributed by atoms with Crippen LogP contribution >= 0.6 is 0 Å². The molecule has 2 aliphatic carbocycles. The molecule has 0 unspecified atom stereocenters. The van der Waals surface area contributed by atoms with Gasteiger partial charge in [-0.3, -0.25) is 19.1 Å². The second kappa shape index (κ2) is 10.5. The summed E-state index contributed by atoms with van der Waals surface area (Å²) in [5.74, 6) is 1.80. The van der Waals surface area contributed by atoms with Gasteiger partial charge in [-0.15, -0.1) is 0 Å². The average molecular weight is 439 g/mol. The highest BCUT2D eigenvalue weighted by Crippen LogP contribution is 2.31. The van der Waals surface area contributed by atoms with Gasteiger partial charge < -0.3 is 11.1 Å². The Labute approximate surface area is 191 Å². The van der Waals surface area contributed by atoms with Gasteiger partial charge in [0.2, 0.25) is 5.91 Å². The number of nitrogens with one attached hydrogen (secondary N) is 1. The third-order valence-electron chi connectivity index (χ3n) is 7.54. The number of amides is 1. The van der Waals surface area contributed by atoms with Crippen molar-refractivity contribution in [1.29, 1.82) is 0 Å². The molecule has 2 saturated carbocycles. The molecule has 0 saturated heterocycles. The van der Waals surface area contributed by atoms with Crippen LogP contribution in [0, 0.1) is 17.8 Å². The molecule has 0 atom stereocenters. The summed E-state index contributed by atoms with van der Waals surface area (Å²) in [5.41, 5.74) is 6.57. The van der Waals surface area contributed by atoms with E-state index in [-0.39, 0.29) is 17.4 Å². The summed E-state index contributed by atoms with van der Waals surface area (Å²) in [5, 5.41) is 5.31. The van der Waals surface area contributed by atoms with Crippen molar-refractivity contribution < 1.29 is 4.79 Å². The van der Waals surface area contributed by atoms with Gasteiger partial charge in [-0.2, -0.15) is 0 Å². The number of carbonyl (C=O) groups is 1. The first-order valence-corrected chi connectivity index (χ1v) is 12.6. The van der Waals surface area contributed by atoms with Crippen molar-refractivity contribution in [2.75, 3.05) is 11.9 Å². The zero-order valence-electron chi connectivity index (χ0n) is 19.4. The molecule has 0 aliphatic heterocycles. The van der Waals surface area contributed by atoms with Gasteiger partial charge in [-0.05, 0) is 68.9 Å². The Morgan fingerprint density at radius 1 is 1.09 bits per heavy atom. The molecule has 0 aromatic carbocycles. The maximum Gasteiger partial charge on any atom is 0.260 e. The van der Waals surface area contributed by atoms with Gasteiger partial charge in [0.25, 0.3) is 5.56 Å². The van der Waals surface area contributed by atoms with Crippen molar-refractivity contribution in [2.45, 2.75) is 84.1 Å². The number of aryl methyl sites for hydroxylation is 1. The van der Waals surface area contributed by atoms with E-state index in [1.807, 2.05) is 16.8 Å². The summed E-state index contributed by atoms with van der Waals surface area (Å²) in [7, 11) is 0. The van der Waals surface area contributed by atoms with Crippen LogP contribution in [-0.4, -0.2) is 22.0 Å². The first-order chi connectivity index (χ1) is 15.5. The number of pyridine rings is 2. The molecule has 3 N–H and O–H groups in total. The quantitative estimate of drug-likeness (QED) is 0.629. The lowest BCUT2D eigenvalue weighted by Gasteiger charge is -2.29. The number of nitrogens with zero attached hydrogens (tertiary/aromatic N) is 2. The van der Waals surface area contributed by atoms with Crippen molar-refractivity contribution in [3.8, 4) is 0 Å². The summed E-state index contributed by atoms with van der Waals surface area (Å²) in [6.07, 6.45) is 13.8. The summed E-state index contributed by atoms with van der Waals surface area (Å²) < 4.78 is 1.95. The zero-order valence-corrected chi connectivity index (χ0v) is 19.4. The molecular weight excluding hydrogens is 400 g/mol. The molecule has 1 amide bonds. The first kappa shape index (κ1) is 22.8. The number of carbonyl (C=O) groups excluding carboxylic acids is 1. The molecule has 2 aromatic heterocycles. The number of hydrogen-bond acceptors (Lipinski definition) is 4. The SMILES string of the molecule is CCCc1cc2c(=O)n(CC3CCC(C(N)=O)CC3)c(NCC3CCCCC3)cc2cn1. The normalized spacial score (nSPS) is 22.2. The molecule has 0 radical (unpaired) electrons. The van der Waals surface area contributed by atoms with Crippen LogP contribution in [-0.2, 0) is 17.8 Å². The molecule has 4 rings (SSSR count). The monoisotopic (exact) mass is 438 g/mol. The summed E-state index contributed by atoms with van der Waals surface area (Å²) in [4.78, 5) is 29.7. The predicted molar refractivity (Wildman–Crippen MR) is 130 cm³/mol. The number of primary amides is 1. The Morgan fingerprint density at radius 2 is 1.84 bits per heavy atom. The van der Waals surface area contributed by atoms with E-state index in [0.717, 1.165) is 67.4 Å². The van der Waals surface area contributed by atoms with Gasteiger partial charge in [0.1, 0.15) is 5.82 Å².